The van der Waals surface area contributed by atoms with Crippen LogP contribution in [0.3, 0.4) is 0 Å². The third-order valence-electron chi connectivity index (χ3n) is 5.52. The summed E-state index contributed by atoms with van der Waals surface area (Å²) in [5.74, 6) is -2.08. The summed E-state index contributed by atoms with van der Waals surface area (Å²) in [5, 5.41) is 11.9. The number of nitrogens with one attached hydrogen (secondary N) is 2. The fourth-order valence-corrected chi connectivity index (χ4v) is 3.84. The third-order valence-corrected chi connectivity index (χ3v) is 5.52. The van der Waals surface area contributed by atoms with E-state index in [0.717, 1.165) is 4.68 Å². The van der Waals surface area contributed by atoms with E-state index in [1.54, 1.807) is 12.4 Å². The highest BCUT2D eigenvalue weighted by Crippen LogP contribution is 2.28. The molecule has 2 unspecified atom stereocenters. The first-order chi connectivity index (χ1) is 16.0. The molecule has 0 saturated carbocycles. The average Bonchev–Trinajstić information content (AvgIpc) is 3.40. The molecule has 3 aromatic rings. The van der Waals surface area contributed by atoms with Gasteiger partial charge in [0.1, 0.15) is 24.6 Å². The number of amides is 2. The van der Waals surface area contributed by atoms with Crippen molar-refractivity contribution in [3.05, 3.63) is 36.2 Å². The molecule has 2 N–H and O–H groups in total. The zero-order valence-corrected chi connectivity index (χ0v) is 18.2. The van der Waals surface area contributed by atoms with Crippen LogP contribution in [-0.2, 0) is 22.3 Å². The molecule has 1 aliphatic rings. The highest BCUT2D eigenvalue weighted by Gasteiger charge is 2.36. The summed E-state index contributed by atoms with van der Waals surface area (Å²) in [4.78, 5) is 46.2. The fourth-order valence-electron chi connectivity index (χ4n) is 3.84. The number of fused-ring (bicyclic) bond motifs is 1. The normalized spacial score (nSPS) is 18.8. The Labute approximate surface area is 190 Å². The number of carbonyl (C=O) groups excluding carboxylic acids is 3. The van der Waals surface area contributed by atoms with Crippen LogP contribution in [0.1, 0.15) is 42.4 Å². The topological polar surface area (TPSA) is 137 Å². The van der Waals surface area contributed by atoms with Gasteiger partial charge in [-0.2, -0.15) is 13.2 Å². The van der Waals surface area contributed by atoms with E-state index in [2.05, 4.69) is 30.9 Å². The van der Waals surface area contributed by atoms with Crippen molar-refractivity contribution in [1.29, 1.82) is 0 Å². The molecule has 0 spiro atoms. The fraction of sp³-hybridized carbons (Fsp3) is 0.450. The Kier molecular flexibility index (Phi) is 6.06. The SMILES string of the molecule is CC(C)n1cc(C(=O)C2CNC(=O)C(NC(=O)Cn3cc(C(F)(F)F)nn3)C2)c2cncnc21. The molecule has 1 fully saturated rings. The van der Waals surface area contributed by atoms with Crippen LogP contribution in [0.2, 0.25) is 0 Å². The van der Waals surface area contributed by atoms with Gasteiger partial charge in [-0.25, -0.2) is 14.6 Å². The minimum absolute atomic E-state index is 0.0314. The van der Waals surface area contributed by atoms with E-state index in [0.29, 0.717) is 22.8 Å². The van der Waals surface area contributed by atoms with Crippen molar-refractivity contribution in [2.45, 2.75) is 45.1 Å². The molecule has 4 heterocycles. The molecule has 34 heavy (non-hydrogen) atoms. The van der Waals surface area contributed by atoms with Gasteiger partial charge in [0.05, 0.1) is 6.20 Å². The molecular weight excluding hydrogens is 457 g/mol. The van der Waals surface area contributed by atoms with Gasteiger partial charge in [0, 0.05) is 41.8 Å². The standard InChI is InChI=1S/C20H21F3N8O3/c1-10(2)31-6-13(12-5-24-9-26-18(12)31)17(33)11-3-14(19(34)25-4-11)27-16(32)8-30-7-15(28-29-30)20(21,22)23/h5-7,9-11,14H,3-4,8H2,1-2H3,(H,25,34)(H,27,32). The lowest BCUT2D eigenvalue weighted by atomic mass is 9.88. The number of halogens is 3. The Bertz CT molecular complexity index is 1250. The number of hydrogen-bond donors (Lipinski definition) is 2. The van der Waals surface area contributed by atoms with Gasteiger partial charge in [-0.3, -0.25) is 14.4 Å². The van der Waals surface area contributed by atoms with Crippen molar-refractivity contribution in [2.75, 3.05) is 6.54 Å². The van der Waals surface area contributed by atoms with Gasteiger partial charge in [0.2, 0.25) is 11.8 Å². The van der Waals surface area contributed by atoms with Gasteiger partial charge >= 0.3 is 6.18 Å². The van der Waals surface area contributed by atoms with E-state index in [9.17, 15) is 27.6 Å². The van der Waals surface area contributed by atoms with Crippen LogP contribution in [0, 0.1) is 5.92 Å². The maximum Gasteiger partial charge on any atom is 0.436 e. The summed E-state index contributed by atoms with van der Waals surface area (Å²) in [5.41, 5.74) is -0.201. The van der Waals surface area contributed by atoms with Crippen molar-refractivity contribution in [3.63, 3.8) is 0 Å². The quantitative estimate of drug-likeness (QED) is 0.507. The number of nitrogens with zero attached hydrogens (tertiary/aromatic N) is 6. The summed E-state index contributed by atoms with van der Waals surface area (Å²) in [6.07, 6.45) is 0.606. The number of hydrogen-bond acceptors (Lipinski definition) is 7. The van der Waals surface area contributed by atoms with Crippen molar-refractivity contribution in [2.24, 2.45) is 5.92 Å². The number of alkyl halides is 3. The smallest absolute Gasteiger partial charge is 0.354 e. The van der Waals surface area contributed by atoms with Gasteiger partial charge in [0.15, 0.2) is 11.5 Å². The van der Waals surface area contributed by atoms with E-state index in [-0.39, 0.29) is 24.8 Å². The van der Waals surface area contributed by atoms with Crippen LogP contribution in [0.4, 0.5) is 13.2 Å². The first kappa shape index (κ1) is 23.3. The highest BCUT2D eigenvalue weighted by atomic mass is 19.4. The van der Waals surface area contributed by atoms with Crippen LogP contribution in [0.15, 0.2) is 24.9 Å². The number of ketones is 1. The van der Waals surface area contributed by atoms with E-state index >= 15 is 0 Å². The molecule has 11 nitrogen and oxygen atoms in total. The molecule has 3 aromatic heterocycles. The maximum atomic E-state index is 13.3. The summed E-state index contributed by atoms with van der Waals surface area (Å²) in [6.45, 7) is 3.43. The largest absolute Gasteiger partial charge is 0.436 e. The van der Waals surface area contributed by atoms with Crippen molar-refractivity contribution in [1.82, 2.24) is 40.2 Å². The first-order valence-electron chi connectivity index (χ1n) is 10.4. The van der Waals surface area contributed by atoms with E-state index < -0.39 is 42.2 Å². The van der Waals surface area contributed by atoms with Crippen molar-refractivity contribution >= 4 is 28.6 Å². The second-order valence-corrected chi connectivity index (χ2v) is 8.27. The predicted octanol–water partition coefficient (Wildman–Crippen LogP) is 1.13. The second-order valence-electron chi connectivity index (χ2n) is 8.27. The predicted molar refractivity (Wildman–Crippen MR) is 110 cm³/mol. The Morgan fingerprint density at radius 1 is 1.29 bits per heavy atom. The minimum atomic E-state index is -4.69. The van der Waals surface area contributed by atoms with E-state index in [1.165, 1.54) is 6.33 Å². The highest BCUT2D eigenvalue weighted by molar-refractivity contribution is 6.09. The average molecular weight is 478 g/mol. The summed E-state index contributed by atoms with van der Waals surface area (Å²) in [7, 11) is 0. The lowest BCUT2D eigenvalue weighted by Gasteiger charge is -2.28. The molecular formula is C20H21F3N8O3. The molecule has 0 aromatic carbocycles. The Morgan fingerprint density at radius 3 is 2.74 bits per heavy atom. The molecule has 0 bridgehead atoms. The van der Waals surface area contributed by atoms with E-state index in [1.807, 2.05) is 18.4 Å². The molecule has 180 valence electrons. The second kappa shape index (κ2) is 8.83. The molecule has 14 heteroatoms. The number of piperidine rings is 1. The monoisotopic (exact) mass is 478 g/mol. The van der Waals surface area contributed by atoms with Crippen LogP contribution in [0.25, 0.3) is 11.0 Å². The first-order valence-corrected chi connectivity index (χ1v) is 10.4. The van der Waals surface area contributed by atoms with Gasteiger partial charge in [0.25, 0.3) is 0 Å². The third kappa shape index (κ3) is 4.61. The van der Waals surface area contributed by atoms with Gasteiger partial charge in [-0.15, -0.1) is 5.10 Å². The lowest BCUT2D eigenvalue weighted by molar-refractivity contribution is -0.141. The number of aromatic nitrogens is 6. The molecule has 4 rings (SSSR count). The maximum absolute atomic E-state index is 13.3. The van der Waals surface area contributed by atoms with Crippen LogP contribution < -0.4 is 10.6 Å². The molecule has 0 aliphatic carbocycles. The van der Waals surface area contributed by atoms with Gasteiger partial charge < -0.3 is 15.2 Å². The van der Waals surface area contributed by atoms with Crippen molar-refractivity contribution in [3.8, 4) is 0 Å². The number of carbonyl (C=O) groups is 3. The molecule has 1 aliphatic heterocycles. The Balaban J connectivity index is 1.46. The molecule has 2 atom stereocenters. The Hall–Kier alpha value is -3.84. The zero-order valence-electron chi connectivity index (χ0n) is 18.2. The lowest BCUT2D eigenvalue weighted by Crippen LogP contribution is -2.54. The van der Waals surface area contributed by atoms with Gasteiger partial charge in [-0.1, -0.05) is 5.21 Å². The number of rotatable bonds is 6. The minimum Gasteiger partial charge on any atom is -0.354 e. The van der Waals surface area contributed by atoms with Gasteiger partial charge in [-0.05, 0) is 20.3 Å². The van der Waals surface area contributed by atoms with Crippen LogP contribution >= 0.6 is 0 Å². The summed E-state index contributed by atoms with van der Waals surface area (Å²) in [6, 6.07) is -0.984. The molecule has 2 amide bonds. The molecule has 0 radical (unpaired) electrons. The van der Waals surface area contributed by atoms with Crippen LogP contribution in [0.5, 0.6) is 0 Å². The summed E-state index contributed by atoms with van der Waals surface area (Å²) < 4.78 is 40.5. The van der Waals surface area contributed by atoms with Crippen LogP contribution in [-0.4, -0.2) is 59.7 Å². The van der Waals surface area contributed by atoms with Crippen molar-refractivity contribution < 1.29 is 27.6 Å². The molecule has 1 saturated heterocycles. The summed E-state index contributed by atoms with van der Waals surface area (Å²) >= 11 is 0. The zero-order chi connectivity index (χ0) is 24.6. The Morgan fingerprint density at radius 2 is 2.06 bits per heavy atom. The number of Topliss-reactive ketones (excluding diaryl/α,β-unsaturated/α-hetero) is 1. The van der Waals surface area contributed by atoms with E-state index in [4.69, 9.17) is 0 Å².